The third kappa shape index (κ3) is 1.21. The molecule has 0 radical (unpaired) electrons. The highest BCUT2D eigenvalue weighted by Gasteiger charge is 2.29. The summed E-state index contributed by atoms with van der Waals surface area (Å²) in [6, 6.07) is 2.00. The molecule has 2 unspecified atom stereocenters. The summed E-state index contributed by atoms with van der Waals surface area (Å²) >= 11 is 5.76. The Kier molecular flexibility index (Phi) is 1.80. The first kappa shape index (κ1) is 7.33. The van der Waals surface area contributed by atoms with E-state index in [1.165, 1.54) is 0 Å². The maximum Gasteiger partial charge on any atom is 0.129 e. The molecule has 0 saturated carbocycles. The first-order valence-electron chi connectivity index (χ1n) is 2.90. The first-order valence-corrected chi connectivity index (χ1v) is 3.28. The van der Waals surface area contributed by atoms with Crippen LogP contribution in [0, 0.1) is 17.2 Å². The van der Waals surface area contributed by atoms with Crippen LogP contribution in [-0.4, -0.2) is 5.00 Å². The zero-order valence-corrected chi connectivity index (χ0v) is 6.05. The molecule has 2 nitrogen and oxygen atoms in total. The van der Waals surface area contributed by atoms with Crippen molar-refractivity contribution in [1.29, 1.82) is 5.26 Å². The highest BCUT2D eigenvalue weighted by molar-refractivity contribution is 6.25. The fourth-order valence-electron chi connectivity index (χ4n) is 0.771. The lowest BCUT2D eigenvalue weighted by Crippen LogP contribution is -2.38. The zero-order chi connectivity index (χ0) is 7.61. The Morgan fingerprint density at radius 3 is 2.70 bits per heavy atom. The maximum absolute atomic E-state index is 8.53. The van der Waals surface area contributed by atoms with Crippen molar-refractivity contribution in [2.24, 2.45) is 11.7 Å². The van der Waals surface area contributed by atoms with Crippen LogP contribution >= 0.6 is 11.6 Å². The van der Waals surface area contributed by atoms with Gasteiger partial charge in [-0.15, -0.1) is 0 Å². The molecule has 0 aromatic carbocycles. The van der Waals surface area contributed by atoms with E-state index in [2.05, 4.69) is 0 Å². The normalized spacial score (nSPS) is 37.5. The monoisotopic (exact) mass is 154 g/mol. The van der Waals surface area contributed by atoms with Gasteiger partial charge in [-0.25, -0.2) is 0 Å². The van der Waals surface area contributed by atoms with Crippen LogP contribution in [0.4, 0.5) is 0 Å². The summed E-state index contributed by atoms with van der Waals surface area (Å²) in [5, 5.41) is 8.53. The number of hydrogen-bond donors (Lipinski definition) is 1. The quantitative estimate of drug-likeness (QED) is 0.420. The molecule has 52 valence electrons. The second kappa shape index (κ2) is 2.45. The van der Waals surface area contributed by atoms with E-state index in [4.69, 9.17) is 22.6 Å². The number of allylic oxidation sites excluding steroid dienone is 2. The largest absolute Gasteiger partial charge is 0.308 e. The summed E-state index contributed by atoms with van der Waals surface area (Å²) < 4.78 is 0. The fraction of sp³-hybridized carbons (Fsp3) is 0.286. The molecule has 0 aromatic rings. The number of nitriles is 1. The molecular formula is C7H7ClN2. The van der Waals surface area contributed by atoms with Crippen molar-refractivity contribution in [3.05, 3.63) is 24.3 Å². The van der Waals surface area contributed by atoms with Gasteiger partial charge in [0.2, 0.25) is 0 Å². The van der Waals surface area contributed by atoms with E-state index >= 15 is 0 Å². The molecule has 2 N–H and O–H groups in total. The van der Waals surface area contributed by atoms with Crippen molar-refractivity contribution in [1.82, 2.24) is 0 Å². The molecule has 0 aliphatic heterocycles. The van der Waals surface area contributed by atoms with E-state index in [0.717, 1.165) is 0 Å². The average Bonchev–Trinajstić information content (AvgIpc) is 1.87. The number of halogens is 1. The molecule has 1 rings (SSSR count). The van der Waals surface area contributed by atoms with Crippen LogP contribution in [0.25, 0.3) is 0 Å². The van der Waals surface area contributed by atoms with Gasteiger partial charge in [0.15, 0.2) is 0 Å². The minimum Gasteiger partial charge on any atom is -0.308 e. The smallest absolute Gasteiger partial charge is 0.129 e. The van der Waals surface area contributed by atoms with E-state index in [9.17, 15) is 0 Å². The molecule has 0 heterocycles. The lowest BCUT2D eigenvalue weighted by atomic mass is 9.97. The Labute approximate surface area is 64.6 Å². The van der Waals surface area contributed by atoms with Crippen molar-refractivity contribution >= 4 is 11.6 Å². The van der Waals surface area contributed by atoms with Gasteiger partial charge in [-0.2, -0.15) is 5.26 Å². The average molecular weight is 155 g/mol. The highest BCUT2D eigenvalue weighted by atomic mass is 35.5. The minimum absolute atomic E-state index is 0.417. The van der Waals surface area contributed by atoms with Crippen LogP contribution in [0.15, 0.2) is 24.3 Å². The predicted molar refractivity (Wildman–Crippen MR) is 40.2 cm³/mol. The van der Waals surface area contributed by atoms with E-state index < -0.39 is 10.9 Å². The molecule has 10 heavy (non-hydrogen) atoms. The summed E-state index contributed by atoms with van der Waals surface area (Å²) in [4.78, 5) is -1.01. The summed E-state index contributed by atoms with van der Waals surface area (Å²) in [6.45, 7) is 0. The number of alkyl halides is 1. The summed E-state index contributed by atoms with van der Waals surface area (Å²) in [5.74, 6) is -0.417. The molecule has 0 saturated heterocycles. The van der Waals surface area contributed by atoms with Crippen LogP contribution < -0.4 is 5.73 Å². The van der Waals surface area contributed by atoms with Crippen molar-refractivity contribution in [2.45, 2.75) is 5.00 Å². The summed E-state index contributed by atoms with van der Waals surface area (Å²) in [5.41, 5.74) is 5.54. The Bertz CT molecular complexity index is 222. The molecule has 0 amide bonds. The number of nitrogens with two attached hydrogens (primary N) is 1. The number of rotatable bonds is 0. The van der Waals surface area contributed by atoms with E-state index in [0.29, 0.717) is 0 Å². The van der Waals surface area contributed by atoms with Crippen LogP contribution in [0.1, 0.15) is 0 Å². The number of hydrogen-bond acceptors (Lipinski definition) is 2. The fourth-order valence-corrected chi connectivity index (χ4v) is 0.966. The van der Waals surface area contributed by atoms with Gasteiger partial charge in [-0.05, 0) is 6.08 Å². The summed E-state index contributed by atoms with van der Waals surface area (Å²) in [6.07, 6.45) is 6.80. The first-order chi connectivity index (χ1) is 4.67. The summed E-state index contributed by atoms with van der Waals surface area (Å²) in [7, 11) is 0. The second-order valence-electron chi connectivity index (χ2n) is 2.18. The van der Waals surface area contributed by atoms with E-state index in [1.54, 1.807) is 24.3 Å². The second-order valence-corrected chi connectivity index (χ2v) is 2.83. The third-order valence-corrected chi connectivity index (χ3v) is 1.74. The third-order valence-electron chi connectivity index (χ3n) is 1.38. The Morgan fingerprint density at radius 2 is 2.30 bits per heavy atom. The molecular weight excluding hydrogens is 148 g/mol. The van der Waals surface area contributed by atoms with Crippen molar-refractivity contribution in [2.75, 3.05) is 0 Å². The standard InChI is InChI=1S/C7H7ClN2/c8-7(10)4-2-1-3-6(7)5-9/h1-4,6H,10H2. The van der Waals surface area contributed by atoms with Gasteiger partial charge < -0.3 is 5.73 Å². The van der Waals surface area contributed by atoms with E-state index in [1.807, 2.05) is 6.07 Å². The van der Waals surface area contributed by atoms with Crippen LogP contribution in [0.3, 0.4) is 0 Å². The molecule has 1 aliphatic rings. The van der Waals surface area contributed by atoms with E-state index in [-0.39, 0.29) is 0 Å². The van der Waals surface area contributed by atoms with Crippen LogP contribution in [0.5, 0.6) is 0 Å². The van der Waals surface area contributed by atoms with Crippen LogP contribution in [0.2, 0.25) is 0 Å². The van der Waals surface area contributed by atoms with Gasteiger partial charge in [0, 0.05) is 0 Å². The molecule has 0 spiro atoms. The molecule has 2 atom stereocenters. The molecule has 3 heteroatoms. The van der Waals surface area contributed by atoms with Gasteiger partial charge in [0.25, 0.3) is 0 Å². The lowest BCUT2D eigenvalue weighted by molar-refractivity contribution is 0.628. The predicted octanol–water partition coefficient (Wildman–Crippen LogP) is 1.15. The van der Waals surface area contributed by atoms with Gasteiger partial charge in [-0.1, -0.05) is 29.8 Å². The zero-order valence-electron chi connectivity index (χ0n) is 5.29. The molecule has 1 aliphatic carbocycles. The molecule has 0 aromatic heterocycles. The van der Waals surface area contributed by atoms with Crippen molar-refractivity contribution < 1.29 is 0 Å². The minimum atomic E-state index is -1.01. The topological polar surface area (TPSA) is 49.8 Å². The number of nitrogens with zero attached hydrogens (tertiary/aromatic N) is 1. The van der Waals surface area contributed by atoms with Gasteiger partial charge in [0.1, 0.15) is 10.9 Å². The molecule has 0 bridgehead atoms. The van der Waals surface area contributed by atoms with Crippen molar-refractivity contribution in [3.63, 3.8) is 0 Å². The molecule has 0 fully saturated rings. The highest BCUT2D eigenvalue weighted by Crippen LogP contribution is 2.24. The van der Waals surface area contributed by atoms with Gasteiger partial charge in [0.05, 0.1) is 6.07 Å². The Hall–Kier alpha value is -0.780. The van der Waals surface area contributed by atoms with Gasteiger partial charge >= 0.3 is 0 Å². The van der Waals surface area contributed by atoms with Crippen molar-refractivity contribution in [3.8, 4) is 6.07 Å². The Morgan fingerprint density at radius 1 is 1.60 bits per heavy atom. The van der Waals surface area contributed by atoms with Gasteiger partial charge in [-0.3, -0.25) is 0 Å². The maximum atomic E-state index is 8.53. The lowest BCUT2D eigenvalue weighted by Gasteiger charge is -2.22. The SMILES string of the molecule is N#CC1C=CC=CC1(N)Cl. The Balaban J connectivity index is 2.87. The van der Waals surface area contributed by atoms with Crippen LogP contribution in [-0.2, 0) is 0 Å².